The van der Waals surface area contributed by atoms with Crippen molar-refractivity contribution in [3.05, 3.63) is 151 Å². The molecule has 240 valence electrons. The van der Waals surface area contributed by atoms with Gasteiger partial charge in [0.25, 0.3) is 0 Å². The minimum atomic E-state index is -0.353. The Balaban J connectivity index is 0.00000364. The van der Waals surface area contributed by atoms with Gasteiger partial charge < -0.3 is 14.4 Å². The quantitative estimate of drug-likeness (QED) is 0.162. The normalized spacial score (nSPS) is 13.2. The smallest absolute Gasteiger partial charge is 0.347 e. The van der Waals surface area contributed by atoms with Crippen LogP contribution in [0.5, 0.6) is 0 Å². The Hall–Kier alpha value is -4.66. The second-order valence-corrected chi connectivity index (χ2v) is 14.0. The Bertz CT molecular complexity index is 2260. The summed E-state index contributed by atoms with van der Waals surface area (Å²) in [6, 6.07) is 50.8. The number of pyridine rings is 1. The van der Waals surface area contributed by atoms with Crippen molar-refractivity contribution in [1.82, 2.24) is 9.55 Å². The van der Waals surface area contributed by atoms with Gasteiger partial charge in [0.1, 0.15) is 5.82 Å². The second kappa shape index (κ2) is 12.1. The minimum absolute atomic E-state index is 0. The van der Waals surface area contributed by atoms with Crippen molar-refractivity contribution in [2.75, 3.05) is 16.5 Å². The molecule has 0 radical (unpaired) electrons. The standard InChI is InChI=1S/C43H38N4.Pt/c1-42(2,3)46-29-45(38-20-11-12-21-39(38)46)34-17-13-16-32(27-34)43(4,5)33-22-23-36-35-18-9-10-19-37(35)47(40(36)28-33)41-26-31(24-25-44-41)30-14-7-6-8-15-30;/h6-26H,29H2,1-5H3;/q-2;+2. The van der Waals surface area contributed by atoms with Gasteiger partial charge in [0.2, 0.25) is 0 Å². The van der Waals surface area contributed by atoms with Gasteiger partial charge in [-0.25, -0.2) is 4.98 Å². The molecule has 5 heteroatoms. The van der Waals surface area contributed by atoms with E-state index in [4.69, 9.17) is 4.98 Å². The van der Waals surface area contributed by atoms with E-state index >= 15 is 0 Å². The minimum Gasteiger partial charge on any atom is -0.347 e. The number of fused-ring (bicyclic) bond motifs is 4. The van der Waals surface area contributed by atoms with Gasteiger partial charge in [-0.15, -0.1) is 11.5 Å². The van der Waals surface area contributed by atoms with Crippen molar-refractivity contribution in [3.63, 3.8) is 0 Å². The number of rotatable bonds is 5. The van der Waals surface area contributed by atoms with Crippen molar-refractivity contribution in [2.24, 2.45) is 0 Å². The van der Waals surface area contributed by atoms with Crippen LogP contribution in [0.3, 0.4) is 0 Å². The van der Waals surface area contributed by atoms with Crippen LogP contribution in [0.15, 0.2) is 128 Å². The Morgan fingerprint density at radius 3 is 2.12 bits per heavy atom. The summed E-state index contributed by atoms with van der Waals surface area (Å²) in [6.07, 6.45) is 1.91. The van der Waals surface area contributed by atoms with Crippen molar-refractivity contribution in [2.45, 2.75) is 45.6 Å². The molecule has 8 rings (SSSR count). The van der Waals surface area contributed by atoms with E-state index in [1.54, 1.807) is 0 Å². The summed E-state index contributed by atoms with van der Waals surface area (Å²) in [5, 5.41) is 2.36. The molecule has 0 saturated carbocycles. The number of hydrogen-bond acceptors (Lipinski definition) is 3. The number of benzene rings is 5. The van der Waals surface area contributed by atoms with Gasteiger partial charge in [-0.05, 0) is 73.0 Å². The van der Waals surface area contributed by atoms with E-state index in [0.29, 0.717) is 0 Å². The van der Waals surface area contributed by atoms with E-state index in [0.717, 1.165) is 45.9 Å². The van der Waals surface area contributed by atoms with E-state index in [1.807, 2.05) is 6.20 Å². The van der Waals surface area contributed by atoms with Crippen LogP contribution in [0.25, 0.3) is 38.8 Å². The average Bonchev–Trinajstić information content (AvgIpc) is 3.65. The van der Waals surface area contributed by atoms with Gasteiger partial charge in [-0.3, -0.25) is 0 Å². The number of anilines is 3. The fraction of sp³-hybridized carbons (Fsp3) is 0.186. The molecule has 0 spiro atoms. The van der Waals surface area contributed by atoms with Crippen LogP contribution in [-0.2, 0) is 26.5 Å². The van der Waals surface area contributed by atoms with E-state index in [-0.39, 0.29) is 32.0 Å². The maximum atomic E-state index is 4.88. The molecule has 0 fully saturated rings. The summed E-state index contributed by atoms with van der Waals surface area (Å²) in [7, 11) is 0. The Morgan fingerprint density at radius 1 is 0.625 bits per heavy atom. The molecule has 2 aromatic heterocycles. The first-order valence-electron chi connectivity index (χ1n) is 16.3. The third-order valence-electron chi connectivity index (χ3n) is 9.64. The first-order chi connectivity index (χ1) is 22.7. The van der Waals surface area contributed by atoms with Gasteiger partial charge in [-0.2, -0.15) is 47.5 Å². The Labute approximate surface area is 297 Å². The summed E-state index contributed by atoms with van der Waals surface area (Å²) in [5.74, 6) is 0.883. The van der Waals surface area contributed by atoms with Crippen LogP contribution in [0.4, 0.5) is 17.1 Å². The van der Waals surface area contributed by atoms with Crippen molar-refractivity contribution in [3.8, 4) is 16.9 Å². The molecule has 48 heavy (non-hydrogen) atoms. The molecular formula is C43H38N4Pt. The second-order valence-electron chi connectivity index (χ2n) is 14.0. The SMILES string of the molecule is CC(C)(c1[c-]c(N2CN(C(C)(C)C)c3ccccc32)ccc1)c1[c-]c2c(cc1)c1ccccc1n2-c1cc(-c2ccccc2)ccn1.[Pt+2]. The zero-order valence-electron chi connectivity index (χ0n) is 27.9. The van der Waals surface area contributed by atoms with E-state index in [9.17, 15) is 0 Å². The van der Waals surface area contributed by atoms with Crippen LogP contribution in [0, 0.1) is 12.1 Å². The molecule has 7 aromatic rings. The van der Waals surface area contributed by atoms with Gasteiger partial charge in [0.15, 0.2) is 0 Å². The maximum absolute atomic E-state index is 4.88. The molecule has 5 aromatic carbocycles. The van der Waals surface area contributed by atoms with Gasteiger partial charge in [-0.1, -0.05) is 85.7 Å². The zero-order chi connectivity index (χ0) is 32.3. The summed E-state index contributed by atoms with van der Waals surface area (Å²) in [5.41, 5.74) is 9.90. The first kappa shape index (κ1) is 31.9. The molecule has 4 nitrogen and oxygen atoms in total. The molecule has 0 N–H and O–H groups in total. The average molecular weight is 806 g/mol. The van der Waals surface area contributed by atoms with Crippen LogP contribution in [-0.4, -0.2) is 21.8 Å². The fourth-order valence-corrected chi connectivity index (χ4v) is 6.96. The van der Waals surface area contributed by atoms with E-state index in [2.05, 4.69) is 182 Å². The molecule has 0 bridgehead atoms. The third kappa shape index (κ3) is 5.33. The molecule has 1 aliphatic rings. The Morgan fingerprint density at radius 2 is 1.33 bits per heavy atom. The van der Waals surface area contributed by atoms with E-state index in [1.165, 1.54) is 27.7 Å². The summed E-state index contributed by atoms with van der Waals surface area (Å²) in [6.45, 7) is 12.2. The topological polar surface area (TPSA) is 24.3 Å². The van der Waals surface area contributed by atoms with Gasteiger partial charge in [0.05, 0.1) is 18.0 Å². The van der Waals surface area contributed by atoms with E-state index < -0.39 is 0 Å². The number of aromatic nitrogens is 2. The third-order valence-corrected chi connectivity index (χ3v) is 9.64. The van der Waals surface area contributed by atoms with Crippen molar-refractivity contribution < 1.29 is 21.1 Å². The summed E-state index contributed by atoms with van der Waals surface area (Å²) in [4.78, 5) is 9.74. The number of nitrogens with zero attached hydrogens (tertiary/aromatic N) is 4. The fourth-order valence-electron chi connectivity index (χ4n) is 6.96. The molecule has 1 aliphatic heterocycles. The molecular weight excluding hydrogens is 768 g/mol. The largest absolute Gasteiger partial charge is 2.00 e. The molecule has 0 atom stereocenters. The predicted molar refractivity (Wildman–Crippen MR) is 196 cm³/mol. The first-order valence-corrected chi connectivity index (χ1v) is 16.3. The molecule has 0 aliphatic carbocycles. The van der Waals surface area contributed by atoms with Crippen LogP contribution in [0.1, 0.15) is 45.7 Å². The predicted octanol–water partition coefficient (Wildman–Crippen LogP) is 10.5. The Kier molecular flexibility index (Phi) is 8.04. The van der Waals surface area contributed by atoms with Gasteiger partial charge in [0, 0.05) is 17.3 Å². The summed E-state index contributed by atoms with van der Waals surface area (Å²) >= 11 is 0. The monoisotopic (exact) mass is 805 g/mol. The number of para-hydroxylation sites is 3. The number of hydrogen-bond donors (Lipinski definition) is 0. The maximum Gasteiger partial charge on any atom is 2.00 e. The molecule has 0 saturated heterocycles. The van der Waals surface area contributed by atoms with Gasteiger partial charge >= 0.3 is 21.1 Å². The molecule has 3 heterocycles. The van der Waals surface area contributed by atoms with Crippen LogP contribution in [0.2, 0.25) is 0 Å². The van der Waals surface area contributed by atoms with Crippen molar-refractivity contribution >= 4 is 38.9 Å². The summed E-state index contributed by atoms with van der Waals surface area (Å²) < 4.78 is 2.26. The zero-order valence-corrected chi connectivity index (χ0v) is 30.2. The van der Waals surface area contributed by atoms with Crippen LogP contribution >= 0.6 is 0 Å². The van der Waals surface area contributed by atoms with Crippen LogP contribution < -0.4 is 9.80 Å². The van der Waals surface area contributed by atoms with Crippen molar-refractivity contribution in [1.29, 1.82) is 0 Å². The molecule has 0 unspecified atom stereocenters. The molecule has 0 amide bonds.